The molecule has 0 aromatic heterocycles. The Morgan fingerprint density at radius 3 is 2.00 bits per heavy atom. The van der Waals surface area contributed by atoms with Gasteiger partial charge in [-0.3, -0.25) is 0 Å². The zero-order valence-corrected chi connectivity index (χ0v) is 14.0. The van der Waals surface area contributed by atoms with Crippen LogP contribution in [-0.4, -0.2) is 0 Å². The largest absolute Gasteiger partial charge is 0.0876 e. The van der Waals surface area contributed by atoms with Gasteiger partial charge in [0.15, 0.2) is 0 Å². The lowest BCUT2D eigenvalue weighted by molar-refractivity contribution is 0.664. The molecule has 1 aromatic carbocycles. The molecule has 0 saturated carbocycles. The van der Waals surface area contributed by atoms with E-state index >= 15 is 0 Å². The number of halogens is 2. The number of rotatable bonds is 7. The Kier molecular flexibility index (Phi) is 7.45. The second-order valence-electron chi connectivity index (χ2n) is 4.64. The molecular weight excluding hydrogens is 340 g/mol. The smallest absolute Gasteiger partial charge is 0.0285 e. The highest BCUT2D eigenvalue weighted by Crippen LogP contribution is 2.24. The van der Waals surface area contributed by atoms with Gasteiger partial charge in [0.2, 0.25) is 0 Å². The summed E-state index contributed by atoms with van der Waals surface area (Å²) in [5.41, 5.74) is 5.86. The Morgan fingerprint density at radius 1 is 0.941 bits per heavy atom. The van der Waals surface area contributed by atoms with Crippen molar-refractivity contribution in [1.82, 2.24) is 0 Å². The molecule has 0 saturated heterocycles. The molecule has 0 heterocycles. The Balaban J connectivity index is 2.79. The van der Waals surface area contributed by atoms with Crippen molar-refractivity contribution in [1.29, 1.82) is 0 Å². The van der Waals surface area contributed by atoms with Crippen LogP contribution in [0.3, 0.4) is 0 Å². The number of aryl methyl sites for hydroxylation is 1. The molecule has 0 spiro atoms. The fraction of sp³-hybridized carbons (Fsp3) is 0.600. The molecule has 96 valence electrons. The molecule has 0 unspecified atom stereocenters. The molecule has 0 N–H and O–H groups in total. The number of hydrogen-bond donors (Lipinski definition) is 0. The average Bonchev–Trinajstić information content (AvgIpc) is 2.35. The van der Waals surface area contributed by atoms with Crippen LogP contribution in [0.2, 0.25) is 0 Å². The first-order chi connectivity index (χ1) is 8.22. The zero-order chi connectivity index (χ0) is 12.7. The molecule has 1 rings (SSSR count). The maximum absolute atomic E-state index is 3.61. The summed E-state index contributed by atoms with van der Waals surface area (Å²) in [6.07, 6.45) is 6.57. The van der Waals surface area contributed by atoms with Crippen molar-refractivity contribution in [3.63, 3.8) is 0 Å². The predicted octanol–water partition coefficient (Wildman–Crippen LogP) is 5.91. The summed E-state index contributed by atoms with van der Waals surface area (Å²) in [6.45, 7) is 4.44. The third-order valence-electron chi connectivity index (χ3n) is 3.15. The Bertz CT molecular complexity index is 320. The number of alkyl halides is 2. The minimum atomic E-state index is 0.970. The molecule has 0 amide bonds. The number of benzene rings is 1. The molecule has 0 atom stereocenters. The first-order valence-electron chi connectivity index (χ1n) is 6.46. The standard InChI is InChI=1S/C15H22Br2/c1-3-4-5-6-7-15-13(10-16)8-12(2)9-14(15)11-17/h8-9H,3-7,10-11H2,1-2H3. The van der Waals surface area contributed by atoms with Gasteiger partial charge in [0.1, 0.15) is 0 Å². The quantitative estimate of drug-likeness (QED) is 0.418. The average molecular weight is 362 g/mol. The van der Waals surface area contributed by atoms with Crippen LogP contribution in [0.1, 0.15) is 54.9 Å². The SMILES string of the molecule is CCCCCCc1c(CBr)cc(C)cc1CBr. The van der Waals surface area contributed by atoms with Crippen molar-refractivity contribution in [3.05, 3.63) is 34.4 Å². The van der Waals surface area contributed by atoms with E-state index in [1.807, 2.05) is 0 Å². The van der Waals surface area contributed by atoms with E-state index in [-0.39, 0.29) is 0 Å². The van der Waals surface area contributed by atoms with Gasteiger partial charge in [0.25, 0.3) is 0 Å². The van der Waals surface area contributed by atoms with Crippen LogP contribution >= 0.6 is 31.9 Å². The van der Waals surface area contributed by atoms with Crippen LogP contribution in [0, 0.1) is 6.92 Å². The highest BCUT2D eigenvalue weighted by Gasteiger charge is 2.08. The Morgan fingerprint density at radius 2 is 1.53 bits per heavy atom. The topological polar surface area (TPSA) is 0 Å². The van der Waals surface area contributed by atoms with Crippen LogP contribution in [-0.2, 0) is 17.1 Å². The number of hydrogen-bond acceptors (Lipinski definition) is 0. The Hall–Kier alpha value is 0.180. The highest BCUT2D eigenvalue weighted by molar-refractivity contribution is 9.08. The molecule has 0 aliphatic carbocycles. The molecular formula is C15H22Br2. The van der Waals surface area contributed by atoms with Crippen molar-refractivity contribution in [2.24, 2.45) is 0 Å². The molecule has 0 fully saturated rings. The lowest BCUT2D eigenvalue weighted by Gasteiger charge is -2.13. The van der Waals surface area contributed by atoms with Crippen LogP contribution in [0.4, 0.5) is 0 Å². The maximum Gasteiger partial charge on any atom is 0.0285 e. The Labute approximate surface area is 122 Å². The lowest BCUT2D eigenvalue weighted by Crippen LogP contribution is -1.99. The molecule has 0 bridgehead atoms. The van der Waals surface area contributed by atoms with Crippen molar-refractivity contribution in [2.45, 2.75) is 56.6 Å². The van der Waals surface area contributed by atoms with Gasteiger partial charge in [0.05, 0.1) is 0 Å². The first-order valence-corrected chi connectivity index (χ1v) is 8.70. The second kappa shape index (κ2) is 8.31. The van der Waals surface area contributed by atoms with E-state index in [0.29, 0.717) is 0 Å². The van der Waals surface area contributed by atoms with Crippen LogP contribution < -0.4 is 0 Å². The first kappa shape index (κ1) is 15.2. The number of unbranched alkanes of at least 4 members (excludes halogenated alkanes) is 3. The van der Waals surface area contributed by atoms with Crippen molar-refractivity contribution >= 4 is 31.9 Å². The van der Waals surface area contributed by atoms with E-state index < -0.39 is 0 Å². The molecule has 0 aliphatic heterocycles. The van der Waals surface area contributed by atoms with E-state index in [4.69, 9.17) is 0 Å². The molecule has 0 radical (unpaired) electrons. The third kappa shape index (κ3) is 4.75. The molecule has 0 aliphatic rings. The van der Waals surface area contributed by atoms with E-state index in [9.17, 15) is 0 Å². The molecule has 17 heavy (non-hydrogen) atoms. The summed E-state index contributed by atoms with van der Waals surface area (Å²) in [6, 6.07) is 4.63. The summed E-state index contributed by atoms with van der Waals surface area (Å²) >= 11 is 7.23. The van der Waals surface area contributed by atoms with Gasteiger partial charge >= 0.3 is 0 Å². The van der Waals surface area contributed by atoms with E-state index in [1.54, 1.807) is 5.56 Å². The summed E-state index contributed by atoms with van der Waals surface area (Å²) < 4.78 is 0. The highest BCUT2D eigenvalue weighted by atomic mass is 79.9. The van der Waals surface area contributed by atoms with Gasteiger partial charge in [-0.05, 0) is 36.5 Å². The van der Waals surface area contributed by atoms with Gasteiger partial charge in [-0.2, -0.15) is 0 Å². The van der Waals surface area contributed by atoms with Gasteiger partial charge in [-0.1, -0.05) is 75.7 Å². The van der Waals surface area contributed by atoms with Gasteiger partial charge in [0, 0.05) is 10.7 Å². The van der Waals surface area contributed by atoms with Crippen molar-refractivity contribution in [3.8, 4) is 0 Å². The summed E-state index contributed by atoms with van der Waals surface area (Å²) in [5.74, 6) is 0. The second-order valence-corrected chi connectivity index (χ2v) is 5.76. The van der Waals surface area contributed by atoms with Crippen LogP contribution in [0.5, 0.6) is 0 Å². The van der Waals surface area contributed by atoms with E-state index in [2.05, 4.69) is 57.8 Å². The maximum atomic E-state index is 3.61. The normalized spacial score (nSPS) is 10.8. The minimum absolute atomic E-state index is 0.970. The minimum Gasteiger partial charge on any atom is -0.0876 e. The summed E-state index contributed by atoms with van der Waals surface area (Å²) in [4.78, 5) is 0. The zero-order valence-electron chi connectivity index (χ0n) is 10.9. The van der Waals surface area contributed by atoms with E-state index in [1.165, 1.54) is 48.8 Å². The lowest BCUT2D eigenvalue weighted by atomic mass is 9.95. The van der Waals surface area contributed by atoms with Gasteiger partial charge in [-0.15, -0.1) is 0 Å². The van der Waals surface area contributed by atoms with Crippen molar-refractivity contribution < 1.29 is 0 Å². The molecule has 0 nitrogen and oxygen atoms in total. The van der Waals surface area contributed by atoms with Crippen LogP contribution in [0.15, 0.2) is 12.1 Å². The fourth-order valence-electron chi connectivity index (χ4n) is 2.26. The fourth-order valence-corrected chi connectivity index (χ4v) is 3.26. The predicted molar refractivity (Wildman–Crippen MR) is 84.3 cm³/mol. The van der Waals surface area contributed by atoms with Crippen molar-refractivity contribution in [2.75, 3.05) is 0 Å². The third-order valence-corrected chi connectivity index (χ3v) is 4.36. The monoisotopic (exact) mass is 360 g/mol. The van der Waals surface area contributed by atoms with Gasteiger partial charge in [-0.25, -0.2) is 0 Å². The van der Waals surface area contributed by atoms with Crippen LogP contribution in [0.25, 0.3) is 0 Å². The van der Waals surface area contributed by atoms with E-state index in [0.717, 1.165) is 10.7 Å². The summed E-state index contributed by atoms with van der Waals surface area (Å²) in [5, 5.41) is 1.94. The molecule has 1 aromatic rings. The van der Waals surface area contributed by atoms with Gasteiger partial charge < -0.3 is 0 Å². The molecule has 2 heteroatoms. The summed E-state index contributed by atoms with van der Waals surface area (Å²) in [7, 11) is 0.